The maximum atomic E-state index is 12.6. The summed E-state index contributed by atoms with van der Waals surface area (Å²) < 4.78 is 10.5. The van der Waals surface area contributed by atoms with Crippen molar-refractivity contribution in [3.63, 3.8) is 0 Å². The number of rotatable bonds is 6. The van der Waals surface area contributed by atoms with Crippen LogP contribution in [0.4, 0.5) is 0 Å². The van der Waals surface area contributed by atoms with Crippen LogP contribution in [0.25, 0.3) is 10.2 Å². The first-order valence-electron chi connectivity index (χ1n) is 8.71. The number of carbonyl (C=O) groups is 1. The smallest absolute Gasteiger partial charge is 0.348 e. The van der Waals surface area contributed by atoms with Crippen molar-refractivity contribution in [1.29, 1.82) is 0 Å². The van der Waals surface area contributed by atoms with Gasteiger partial charge in [-0.25, -0.2) is 9.78 Å². The Balaban J connectivity index is 1.91. The van der Waals surface area contributed by atoms with Gasteiger partial charge in [0.2, 0.25) is 0 Å². The molecule has 0 aliphatic carbocycles. The molecule has 27 heavy (non-hydrogen) atoms. The Bertz CT molecular complexity index is 1020. The number of nitrogens with zero attached hydrogens (tertiary/aromatic N) is 1. The monoisotopic (exact) mass is 386 g/mol. The van der Waals surface area contributed by atoms with Crippen molar-refractivity contribution in [3.8, 4) is 5.75 Å². The van der Waals surface area contributed by atoms with Crippen LogP contribution in [0.15, 0.2) is 29.1 Å². The second kappa shape index (κ2) is 7.92. The fourth-order valence-electron chi connectivity index (χ4n) is 2.71. The zero-order valence-electron chi connectivity index (χ0n) is 15.8. The minimum atomic E-state index is -0.402. The van der Waals surface area contributed by atoms with Crippen LogP contribution in [0.2, 0.25) is 0 Å². The van der Waals surface area contributed by atoms with E-state index in [2.05, 4.69) is 9.97 Å². The van der Waals surface area contributed by atoms with Crippen molar-refractivity contribution < 1.29 is 14.3 Å². The highest BCUT2D eigenvalue weighted by atomic mass is 32.1. The van der Waals surface area contributed by atoms with E-state index < -0.39 is 5.97 Å². The SMILES string of the molecule is COc1ccc(Cc2nc3sc(C(=O)OCC(C)C)c(C)c3c(=O)[nH]2)cc1. The number of H-pyrrole nitrogens is 1. The third-order valence-electron chi connectivity index (χ3n) is 4.11. The van der Waals surface area contributed by atoms with Gasteiger partial charge in [-0.05, 0) is 36.1 Å². The molecule has 7 heteroatoms. The van der Waals surface area contributed by atoms with Crippen LogP contribution >= 0.6 is 11.3 Å². The number of benzene rings is 1. The second-order valence-corrected chi connectivity index (χ2v) is 7.77. The van der Waals surface area contributed by atoms with E-state index in [4.69, 9.17) is 9.47 Å². The molecule has 0 aliphatic heterocycles. The zero-order chi connectivity index (χ0) is 19.6. The Hall–Kier alpha value is -2.67. The number of hydrogen-bond acceptors (Lipinski definition) is 6. The number of aromatic amines is 1. The predicted octanol–water partition coefficient (Wildman–Crippen LogP) is 3.71. The maximum Gasteiger partial charge on any atom is 0.348 e. The molecule has 142 valence electrons. The van der Waals surface area contributed by atoms with E-state index in [0.29, 0.717) is 39.5 Å². The lowest BCUT2D eigenvalue weighted by atomic mass is 10.1. The molecule has 3 aromatic rings. The third kappa shape index (κ3) is 4.19. The fraction of sp³-hybridized carbons (Fsp3) is 0.350. The molecule has 0 radical (unpaired) electrons. The summed E-state index contributed by atoms with van der Waals surface area (Å²) in [5, 5.41) is 0.454. The standard InChI is InChI=1S/C20H22N2O4S/c1-11(2)10-26-20(24)17-12(3)16-18(23)21-15(22-19(16)27-17)9-13-5-7-14(25-4)8-6-13/h5-8,11H,9-10H2,1-4H3,(H,21,22,23). The molecule has 0 saturated carbocycles. The molecule has 0 unspecified atom stereocenters. The molecule has 1 N–H and O–H groups in total. The van der Waals surface area contributed by atoms with E-state index in [1.54, 1.807) is 14.0 Å². The lowest BCUT2D eigenvalue weighted by molar-refractivity contribution is 0.0464. The van der Waals surface area contributed by atoms with Crippen LogP contribution in [0, 0.1) is 12.8 Å². The summed E-state index contributed by atoms with van der Waals surface area (Å²) in [4.78, 5) is 33.2. The Morgan fingerprint density at radius 2 is 1.96 bits per heavy atom. The van der Waals surface area contributed by atoms with Gasteiger partial charge in [-0.2, -0.15) is 0 Å². The van der Waals surface area contributed by atoms with Gasteiger partial charge in [-0.3, -0.25) is 4.79 Å². The Labute approximate surface area is 161 Å². The molecule has 2 aromatic heterocycles. The minimum absolute atomic E-state index is 0.236. The molecule has 0 spiro atoms. The van der Waals surface area contributed by atoms with Gasteiger partial charge in [-0.1, -0.05) is 26.0 Å². The summed E-state index contributed by atoms with van der Waals surface area (Å²) in [5.41, 5.74) is 1.39. The van der Waals surface area contributed by atoms with Crippen molar-refractivity contribution in [2.24, 2.45) is 5.92 Å². The van der Waals surface area contributed by atoms with Gasteiger partial charge in [0.25, 0.3) is 5.56 Å². The average molecular weight is 386 g/mol. The summed E-state index contributed by atoms with van der Waals surface area (Å²) in [6, 6.07) is 7.59. The summed E-state index contributed by atoms with van der Waals surface area (Å²) in [7, 11) is 1.62. The van der Waals surface area contributed by atoms with Crippen molar-refractivity contribution >= 4 is 27.5 Å². The Morgan fingerprint density at radius 1 is 1.26 bits per heavy atom. The zero-order valence-corrected chi connectivity index (χ0v) is 16.6. The van der Waals surface area contributed by atoms with Crippen LogP contribution in [-0.2, 0) is 11.2 Å². The van der Waals surface area contributed by atoms with E-state index in [1.165, 1.54) is 11.3 Å². The number of methoxy groups -OCH3 is 1. The number of thiophene rings is 1. The first-order chi connectivity index (χ1) is 12.9. The van der Waals surface area contributed by atoms with Gasteiger partial charge in [0, 0.05) is 6.42 Å². The molecule has 3 rings (SSSR count). The summed E-state index contributed by atoms with van der Waals surface area (Å²) >= 11 is 1.20. The Kier molecular flexibility index (Phi) is 5.60. The van der Waals surface area contributed by atoms with Gasteiger partial charge in [-0.15, -0.1) is 11.3 Å². The number of aryl methyl sites for hydroxylation is 1. The predicted molar refractivity (Wildman–Crippen MR) is 106 cm³/mol. The molecule has 0 bridgehead atoms. The van der Waals surface area contributed by atoms with Gasteiger partial charge in [0.15, 0.2) is 0 Å². The van der Waals surface area contributed by atoms with E-state index in [1.807, 2.05) is 38.1 Å². The molecule has 0 aliphatic rings. The Morgan fingerprint density at radius 3 is 2.59 bits per heavy atom. The van der Waals surface area contributed by atoms with Crippen LogP contribution in [0.1, 0.15) is 40.5 Å². The largest absolute Gasteiger partial charge is 0.497 e. The van der Waals surface area contributed by atoms with E-state index in [0.717, 1.165) is 11.3 Å². The minimum Gasteiger partial charge on any atom is -0.497 e. The third-order valence-corrected chi connectivity index (χ3v) is 5.28. The van der Waals surface area contributed by atoms with Crippen molar-refractivity contribution in [2.45, 2.75) is 27.2 Å². The number of ether oxygens (including phenoxy) is 2. The van der Waals surface area contributed by atoms with E-state index >= 15 is 0 Å². The van der Waals surface area contributed by atoms with Crippen LogP contribution in [0.3, 0.4) is 0 Å². The molecule has 1 aromatic carbocycles. The molecule has 0 saturated heterocycles. The number of hydrogen-bond donors (Lipinski definition) is 1. The van der Waals surface area contributed by atoms with Crippen LogP contribution in [0.5, 0.6) is 5.75 Å². The van der Waals surface area contributed by atoms with Gasteiger partial charge >= 0.3 is 5.97 Å². The van der Waals surface area contributed by atoms with E-state index in [-0.39, 0.29) is 11.5 Å². The molecular weight excluding hydrogens is 364 g/mol. The maximum absolute atomic E-state index is 12.6. The summed E-state index contributed by atoms with van der Waals surface area (Å²) in [6.07, 6.45) is 0.485. The number of fused-ring (bicyclic) bond motifs is 1. The molecule has 0 amide bonds. The van der Waals surface area contributed by atoms with Crippen molar-refractivity contribution in [3.05, 3.63) is 56.4 Å². The number of esters is 1. The van der Waals surface area contributed by atoms with E-state index in [9.17, 15) is 9.59 Å². The molecular formula is C20H22N2O4S. The summed E-state index contributed by atoms with van der Waals surface area (Å²) in [5.74, 6) is 1.18. The highest BCUT2D eigenvalue weighted by Gasteiger charge is 2.20. The number of carbonyl (C=O) groups excluding carboxylic acids is 1. The van der Waals surface area contributed by atoms with Crippen molar-refractivity contribution in [1.82, 2.24) is 9.97 Å². The topological polar surface area (TPSA) is 81.3 Å². The first-order valence-corrected chi connectivity index (χ1v) is 9.53. The number of aromatic nitrogens is 2. The van der Waals surface area contributed by atoms with Crippen LogP contribution in [-0.4, -0.2) is 29.7 Å². The molecule has 2 heterocycles. The average Bonchev–Trinajstić information content (AvgIpc) is 2.97. The van der Waals surface area contributed by atoms with Gasteiger partial charge in [0.1, 0.15) is 21.3 Å². The lowest BCUT2D eigenvalue weighted by Gasteiger charge is -2.05. The highest BCUT2D eigenvalue weighted by molar-refractivity contribution is 7.20. The molecule has 0 atom stereocenters. The fourth-order valence-corrected chi connectivity index (χ4v) is 3.81. The van der Waals surface area contributed by atoms with Gasteiger partial charge < -0.3 is 14.5 Å². The number of nitrogens with one attached hydrogen (secondary N) is 1. The molecule has 6 nitrogen and oxygen atoms in total. The summed E-state index contributed by atoms with van der Waals surface area (Å²) in [6.45, 7) is 6.05. The quantitative estimate of drug-likeness (QED) is 0.653. The first kappa shape index (κ1) is 19.1. The second-order valence-electron chi connectivity index (χ2n) is 6.77. The van der Waals surface area contributed by atoms with Crippen LogP contribution < -0.4 is 10.3 Å². The lowest BCUT2D eigenvalue weighted by Crippen LogP contribution is -2.12. The van der Waals surface area contributed by atoms with Gasteiger partial charge in [0.05, 0.1) is 19.1 Å². The normalized spacial score (nSPS) is 11.1. The highest BCUT2D eigenvalue weighted by Crippen LogP contribution is 2.28. The van der Waals surface area contributed by atoms with Crippen molar-refractivity contribution in [2.75, 3.05) is 13.7 Å². The molecule has 0 fully saturated rings.